The van der Waals surface area contributed by atoms with Crippen molar-refractivity contribution in [2.75, 3.05) is 0 Å². The number of nitrogens with zero attached hydrogens (tertiary/aromatic N) is 1. The number of para-hydroxylation sites is 1. The van der Waals surface area contributed by atoms with E-state index in [4.69, 9.17) is 4.99 Å². The van der Waals surface area contributed by atoms with Gasteiger partial charge in [0.1, 0.15) is 0 Å². The van der Waals surface area contributed by atoms with Crippen molar-refractivity contribution in [3.05, 3.63) is 29.3 Å². The standard InChI is InChI=1S/C20H33N/c1-7-10-17(6)11-9-14-21-20-18(15(2)3)12-8-13-19(20)16(4)5/h8,12-17H,7,9-11H2,1-6H3. The summed E-state index contributed by atoms with van der Waals surface area (Å²) in [5.41, 5.74) is 3.96. The highest BCUT2D eigenvalue weighted by molar-refractivity contribution is 5.67. The fraction of sp³-hybridized carbons (Fsp3) is 0.650. The maximum atomic E-state index is 4.86. The molecule has 1 unspecified atom stereocenters. The predicted molar refractivity (Wildman–Crippen MR) is 96.1 cm³/mol. The summed E-state index contributed by atoms with van der Waals surface area (Å²) in [5.74, 6) is 1.86. The van der Waals surface area contributed by atoms with Crippen LogP contribution in [-0.4, -0.2) is 6.21 Å². The molecule has 0 spiro atoms. The minimum atomic E-state index is 0.523. The second kappa shape index (κ2) is 9.02. The first kappa shape index (κ1) is 17.9. The van der Waals surface area contributed by atoms with Gasteiger partial charge in [-0.05, 0) is 41.7 Å². The van der Waals surface area contributed by atoms with Crippen LogP contribution in [-0.2, 0) is 0 Å². The van der Waals surface area contributed by atoms with Crippen molar-refractivity contribution >= 4 is 11.9 Å². The molecule has 0 aliphatic carbocycles. The second-order valence-corrected chi connectivity index (χ2v) is 6.88. The van der Waals surface area contributed by atoms with E-state index < -0.39 is 0 Å². The molecule has 0 aromatic heterocycles. The summed E-state index contributed by atoms with van der Waals surface area (Å²) in [6, 6.07) is 6.62. The van der Waals surface area contributed by atoms with Crippen LogP contribution in [0.15, 0.2) is 23.2 Å². The van der Waals surface area contributed by atoms with Gasteiger partial charge in [-0.3, -0.25) is 4.99 Å². The molecule has 0 saturated carbocycles. The van der Waals surface area contributed by atoms with Crippen LogP contribution >= 0.6 is 0 Å². The van der Waals surface area contributed by atoms with Crippen LogP contribution in [0.1, 0.15) is 90.2 Å². The van der Waals surface area contributed by atoms with Gasteiger partial charge in [-0.15, -0.1) is 0 Å². The van der Waals surface area contributed by atoms with Gasteiger partial charge in [-0.1, -0.05) is 72.6 Å². The molecule has 0 fully saturated rings. The lowest BCUT2D eigenvalue weighted by atomic mass is 9.93. The molecule has 1 nitrogen and oxygen atoms in total. The molecule has 0 aliphatic heterocycles. The van der Waals surface area contributed by atoms with Crippen molar-refractivity contribution in [2.24, 2.45) is 10.9 Å². The summed E-state index contributed by atoms with van der Waals surface area (Å²) in [7, 11) is 0. The second-order valence-electron chi connectivity index (χ2n) is 6.88. The Balaban J connectivity index is 2.85. The van der Waals surface area contributed by atoms with Crippen LogP contribution in [0.3, 0.4) is 0 Å². The van der Waals surface area contributed by atoms with Gasteiger partial charge in [-0.2, -0.15) is 0 Å². The maximum Gasteiger partial charge on any atom is 0.0694 e. The number of benzene rings is 1. The van der Waals surface area contributed by atoms with E-state index in [-0.39, 0.29) is 0 Å². The van der Waals surface area contributed by atoms with Crippen molar-refractivity contribution in [2.45, 2.75) is 79.1 Å². The number of aliphatic imine (C=N–C) groups is 1. The summed E-state index contributed by atoms with van der Waals surface area (Å²) < 4.78 is 0. The zero-order valence-corrected chi connectivity index (χ0v) is 14.8. The zero-order valence-electron chi connectivity index (χ0n) is 14.8. The highest BCUT2D eigenvalue weighted by Gasteiger charge is 2.12. The molecule has 0 radical (unpaired) electrons. The summed E-state index contributed by atoms with van der Waals surface area (Å²) in [6.45, 7) is 13.6. The first-order chi connectivity index (χ1) is 9.97. The summed E-state index contributed by atoms with van der Waals surface area (Å²) in [6.07, 6.45) is 7.09. The Morgan fingerprint density at radius 3 is 2.00 bits per heavy atom. The normalized spacial score (nSPS) is 13.5. The highest BCUT2D eigenvalue weighted by atomic mass is 14.7. The lowest BCUT2D eigenvalue weighted by Gasteiger charge is -2.16. The number of rotatable bonds is 8. The number of hydrogen-bond acceptors (Lipinski definition) is 1. The summed E-state index contributed by atoms with van der Waals surface area (Å²) >= 11 is 0. The topological polar surface area (TPSA) is 12.4 Å². The fourth-order valence-electron chi connectivity index (χ4n) is 2.81. The molecule has 1 aromatic rings. The van der Waals surface area contributed by atoms with E-state index in [0.717, 1.165) is 12.3 Å². The lowest BCUT2D eigenvalue weighted by Crippen LogP contribution is -1.96. The predicted octanol–water partition coefficient (Wildman–Crippen LogP) is 6.85. The molecule has 1 heteroatoms. The SMILES string of the molecule is CCCC(C)CCC=Nc1c(C(C)C)cccc1C(C)C. The molecule has 0 heterocycles. The third-order valence-electron chi connectivity index (χ3n) is 4.13. The Hall–Kier alpha value is -1.11. The van der Waals surface area contributed by atoms with Crippen molar-refractivity contribution < 1.29 is 0 Å². The van der Waals surface area contributed by atoms with Crippen LogP contribution in [0.2, 0.25) is 0 Å². The van der Waals surface area contributed by atoms with Crippen LogP contribution < -0.4 is 0 Å². The van der Waals surface area contributed by atoms with E-state index >= 15 is 0 Å². The van der Waals surface area contributed by atoms with Crippen LogP contribution in [0.5, 0.6) is 0 Å². The van der Waals surface area contributed by atoms with Gasteiger partial charge in [-0.25, -0.2) is 0 Å². The van der Waals surface area contributed by atoms with Crippen LogP contribution in [0.4, 0.5) is 5.69 Å². The summed E-state index contributed by atoms with van der Waals surface area (Å²) in [5, 5.41) is 0. The van der Waals surface area contributed by atoms with Gasteiger partial charge in [0.05, 0.1) is 5.69 Å². The van der Waals surface area contributed by atoms with Crippen molar-refractivity contribution in [3.8, 4) is 0 Å². The fourth-order valence-corrected chi connectivity index (χ4v) is 2.81. The number of hydrogen-bond donors (Lipinski definition) is 0. The molecule has 0 N–H and O–H groups in total. The molecule has 118 valence electrons. The van der Waals surface area contributed by atoms with E-state index in [0.29, 0.717) is 11.8 Å². The molecule has 1 aromatic carbocycles. The maximum absolute atomic E-state index is 4.86. The minimum Gasteiger partial charge on any atom is -0.261 e. The van der Waals surface area contributed by atoms with Crippen molar-refractivity contribution in [1.29, 1.82) is 0 Å². The quantitative estimate of drug-likeness (QED) is 0.463. The van der Waals surface area contributed by atoms with Gasteiger partial charge in [0.25, 0.3) is 0 Å². The van der Waals surface area contributed by atoms with E-state index in [1.807, 2.05) is 0 Å². The third-order valence-corrected chi connectivity index (χ3v) is 4.13. The molecule has 0 amide bonds. The Morgan fingerprint density at radius 2 is 1.52 bits per heavy atom. The molecule has 0 aliphatic rings. The van der Waals surface area contributed by atoms with Crippen LogP contribution in [0.25, 0.3) is 0 Å². The minimum absolute atomic E-state index is 0.523. The van der Waals surface area contributed by atoms with E-state index in [1.165, 1.54) is 36.1 Å². The Bertz CT molecular complexity index is 417. The van der Waals surface area contributed by atoms with Crippen LogP contribution in [0, 0.1) is 5.92 Å². The van der Waals surface area contributed by atoms with Gasteiger partial charge in [0, 0.05) is 6.21 Å². The van der Waals surface area contributed by atoms with E-state index in [1.54, 1.807) is 0 Å². The smallest absolute Gasteiger partial charge is 0.0694 e. The summed E-state index contributed by atoms with van der Waals surface area (Å²) in [4.78, 5) is 4.86. The molecule has 0 bridgehead atoms. The van der Waals surface area contributed by atoms with Gasteiger partial charge >= 0.3 is 0 Å². The molecule has 0 saturated heterocycles. The van der Waals surface area contributed by atoms with Crippen molar-refractivity contribution in [1.82, 2.24) is 0 Å². The van der Waals surface area contributed by atoms with Gasteiger partial charge in [0.15, 0.2) is 0 Å². The Morgan fingerprint density at radius 1 is 0.952 bits per heavy atom. The molecule has 1 rings (SSSR count). The van der Waals surface area contributed by atoms with Gasteiger partial charge < -0.3 is 0 Å². The molecular formula is C20H33N. The largest absolute Gasteiger partial charge is 0.261 e. The zero-order chi connectivity index (χ0) is 15.8. The monoisotopic (exact) mass is 287 g/mol. The first-order valence-corrected chi connectivity index (χ1v) is 8.62. The Kier molecular flexibility index (Phi) is 7.71. The van der Waals surface area contributed by atoms with E-state index in [2.05, 4.69) is 66.0 Å². The Labute approximate surface area is 131 Å². The van der Waals surface area contributed by atoms with Crippen molar-refractivity contribution in [3.63, 3.8) is 0 Å². The highest BCUT2D eigenvalue weighted by Crippen LogP contribution is 2.34. The third kappa shape index (κ3) is 5.65. The molecular weight excluding hydrogens is 254 g/mol. The molecule has 1 atom stereocenters. The molecule has 21 heavy (non-hydrogen) atoms. The van der Waals surface area contributed by atoms with Gasteiger partial charge in [0.2, 0.25) is 0 Å². The first-order valence-electron chi connectivity index (χ1n) is 8.62. The average Bonchev–Trinajstić information content (AvgIpc) is 2.43. The van der Waals surface area contributed by atoms with E-state index in [9.17, 15) is 0 Å². The average molecular weight is 287 g/mol. The lowest BCUT2D eigenvalue weighted by molar-refractivity contribution is 0.497.